The maximum absolute atomic E-state index is 12.5. The third-order valence-corrected chi connectivity index (χ3v) is 4.35. The van der Waals surface area contributed by atoms with Crippen LogP contribution < -0.4 is 0 Å². The Morgan fingerprint density at radius 2 is 1.62 bits per heavy atom. The minimum absolute atomic E-state index is 0.0753. The summed E-state index contributed by atoms with van der Waals surface area (Å²) in [5.74, 6) is -0.380. The number of carbonyl (C=O) groups is 2. The topological polar surface area (TPSA) is 80.0 Å². The van der Waals surface area contributed by atoms with Crippen LogP contribution in [0.25, 0.3) is 0 Å². The Labute approximate surface area is 172 Å². The third-order valence-electron chi connectivity index (χ3n) is 4.35. The van der Waals surface area contributed by atoms with Gasteiger partial charge in [0, 0.05) is 6.54 Å². The fraction of sp³-hybridized carbons (Fsp3) is 0.478. The lowest BCUT2D eigenvalue weighted by Crippen LogP contribution is -2.35. The van der Waals surface area contributed by atoms with Crippen LogP contribution in [0.5, 0.6) is 0 Å². The van der Waals surface area contributed by atoms with Crippen molar-refractivity contribution in [3.8, 4) is 0 Å². The van der Waals surface area contributed by atoms with Gasteiger partial charge < -0.3 is 14.3 Å². The van der Waals surface area contributed by atoms with E-state index in [0.29, 0.717) is 19.5 Å². The van der Waals surface area contributed by atoms with E-state index in [1.54, 1.807) is 17.2 Å². The van der Waals surface area contributed by atoms with Crippen LogP contribution in [0.2, 0.25) is 0 Å². The number of benzene rings is 1. The Balaban J connectivity index is 2.02. The maximum Gasteiger partial charge on any atom is 0.317 e. The first-order chi connectivity index (χ1) is 13.4. The summed E-state index contributed by atoms with van der Waals surface area (Å²) < 4.78 is 10.9. The van der Waals surface area contributed by atoms with Gasteiger partial charge in [-0.05, 0) is 64.3 Å². The minimum Gasteiger partial charge on any atom is -0.480 e. The summed E-state index contributed by atoms with van der Waals surface area (Å²) in [6, 6.07) is 11.5. The SMILES string of the molecule is CC(C)(C)OC(=O)C(C)(C)Cc1ccc(CN(CC(=O)O)Cc2ccco2)cc1. The molecule has 158 valence electrons. The van der Waals surface area contributed by atoms with Crippen LogP contribution in [0.4, 0.5) is 0 Å². The van der Waals surface area contributed by atoms with Gasteiger partial charge >= 0.3 is 11.9 Å². The summed E-state index contributed by atoms with van der Waals surface area (Å²) in [4.78, 5) is 25.5. The van der Waals surface area contributed by atoms with E-state index in [0.717, 1.165) is 16.9 Å². The molecule has 0 saturated heterocycles. The van der Waals surface area contributed by atoms with Crippen LogP contribution in [-0.4, -0.2) is 34.1 Å². The maximum atomic E-state index is 12.5. The van der Waals surface area contributed by atoms with Gasteiger partial charge in [0.05, 0.1) is 24.8 Å². The normalized spacial score (nSPS) is 12.2. The number of hydrogen-bond donors (Lipinski definition) is 1. The number of carboxylic acid groups (broad SMARTS) is 1. The van der Waals surface area contributed by atoms with Crippen LogP contribution in [0.1, 0.15) is 51.5 Å². The van der Waals surface area contributed by atoms with Crippen molar-refractivity contribution in [2.75, 3.05) is 6.54 Å². The molecule has 0 radical (unpaired) electrons. The number of carboxylic acids is 1. The Bertz CT molecular complexity index is 801. The van der Waals surface area contributed by atoms with Crippen LogP contribution in [-0.2, 0) is 33.8 Å². The van der Waals surface area contributed by atoms with Gasteiger partial charge in [0.25, 0.3) is 0 Å². The second-order valence-corrected chi connectivity index (χ2v) is 9.00. The molecule has 0 bridgehead atoms. The molecule has 0 spiro atoms. The summed E-state index contributed by atoms with van der Waals surface area (Å²) in [5.41, 5.74) is 0.875. The van der Waals surface area contributed by atoms with Crippen molar-refractivity contribution in [3.63, 3.8) is 0 Å². The number of aliphatic carboxylic acids is 1. The van der Waals surface area contributed by atoms with Crippen LogP contribution in [0.15, 0.2) is 47.1 Å². The molecule has 6 heteroatoms. The Morgan fingerprint density at radius 3 is 2.14 bits per heavy atom. The predicted molar refractivity (Wildman–Crippen MR) is 110 cm³/mol. The third kappa shape index (κ3) is 7.74. The molecular formula is C23H31NO5. The molecule has 29 heavy (non-hydrogen) atoms. The lowest BCUT2D eigenvalue weighted by molar-refractivity contribution is -0.165. The van der Waals surface area contributed by atoms with Crippen molar-refractivity contribution in [3.05, 3.63) is 59.5 Å². The van der Waals surface area contributed by atoms with E-state index in [2.05, 4.69) is 0 Å². The summed E-state index contributed by atoms with van der Waals surface area (Å²) in [6.07, 6.45) is 2.14. The zero-order valence-electron chi connectivity index (χ0n) is 17.9. The minimum atomic E-state index is -0.882. The first-order valence-electron chi connectivity index (χ1n) is 9.72. The average Bonchev–Trinajstić information content (AvgIpc) is 3.07. The van der Waals surface area contributed by atoms with Crippen molar-refractivity contribution in [2.45, 2.75) is 59.7 Å². The fourth-order valence-electron chi connectivity index (χ4n) is 3.00. The van der Waals surface area contributed by atoms with E-state index in [1.807, 2.05) is 65.0 Å². The Morgan fingerprint density at radius 1 is 1.00 bits per heavy atom. The molecule has 1 aromatic heterocycles. The molecule has 2 aromatic rings. The lowest BCUT2D eigenvalue weighted by Gasteiger charge is -2.28. The monoisotopic (exact) mass is 401 g/mol. The molecule has 1 N–H and O–H groups in total. The highest BCUT2D eigenvalue weighted by molar-refractivity contribution is 5.76. The van der Waals surface area contributed by atoms with Crippen molar-refractivity contribution >= 4 is 11.9 Å². The molecule has 0 amide bonds. The van der Waals surface area contributed by atoms with Gasteiger partial charge in [-0.3, -0.25) is 14.5 Å². The molecule has 0 aliphatic heterocycles. The highest BCUT2D eigenvalue weighted by Gasteiger charge is 2.32. The number of rotatable bonds is 9. The zero-order chi connectivity index (χ0) is 21.7. The van der Waals surface area contributed by atoms with Crippen molar-refractivity contribution in [1.29, 1.82) is 0 Å². The van der Waals surface area contributed by atoms with Gasteiger partial charge in [-0.25, -0.2) is 0 Å². The van der Waals surface area contributed by atoms with Crippen LogP contribution >= 0.6 is 0 Å². The summed E-state index contributed by atoms with van der Waals surface area (Å²) in [6.45, 7) is 10.2. The first kappa shape index (κ1) is 22.7. The van der Waals surface area contributed by atoms with Crippen molar-refractivity contribution < 1.29 is 23.8 Å². The van der Waals surface area contributed by atoms with Gasteiger partial charge in [0.2, 0.25) is 0 Å². The molecule has 6 nitrogen and oxygen atoms in total. The van der Waals surface area contributed by atoms with Crippen molar-refractivity contribution in [2.24, 2.45) is 5.41 Å². The van der Waals surface area contributed by atoms with Crippen molar-refractivity contribution in [1.82, 2.24) is 4.90 Å². The molecule has 0 unspecified atom stereocenters. The van der Waals surface area contributed by atoms with Gasteiger partial charge in [-0.2, -0.15) is 0 Å². The van der Waals surface area contributed by atoms with E-state index in [4.69, 9.17) is 9.15 Å². The summed E-state index contributed by atoms with van der Waals surface area (Å²) in [7, 11) is 0. The van der Waals surface area contributed by atoms with E-state index in [9.17, 15) is 14.7 Å². The second-order valence-electron chi connectivity index (χ2n) is 9.00. The standard InChI is InChI=1S/C23H31NO5/c1-22(2,3)29-21(27)23(4,5)13-17-8-10-18(11-9-17)14-24(16-20(25)26)15-19-7-6-12-28-19/h6-12H,13-16H2,1-5H3,(H,25,26). The zero-order valence-corrected chi connectivity index (χ0v) is 17.9. The van der Waals surface area contributed by atoms with E-state index in [1.165, 1.54) is 0 Å². The predicted octanol–water partition coefficient (Wildman–Crippen LogP) is 4.28. The molecule has 0 atom stereocenters. The Hall–Kier alpha value is -2.60. The fourth-order valence-corrected chi connectivity index (χ4v) is 3.00. The largest absolute Gasteiger partial charge is 0.480 e. The molecule has 0 saturated carbocycles. The second kappa shape index (κ2) is 9.27. The molecule has 0 fully saturated rings. The first-order valence-corrected chi connectivity index (χ1v) is 9.72. The smallest absolute Gasteiger partial charge is 0.317 e. The Kier molecular flexibility index (Phi) is 7.25. The number of esters is 1. The molecule has 0 aliphatic rings. The van der Waals surface area contributed by atoms with E-state index >= 15 is 0 Å². The van der Waals surface area contributed by atoms with E-state index in [-0.39, 0.29) is 12.5 Å². The highest BCUT2D eigenvalue weighted by Crippen LogP contribution is 2.26. The number of nitrogens with zero attached hydrogens (tertiary/aromatic N) is 1. The van der Waals surface area contributed by atoms with Gasteiger partial charge in [-0.1, -0.05) is 24.3 Å². The van der Waals surface area contributed by atoms with Crippen LogP contribution in [0, 0.1) is 5.41 Å². The van der Waals surface area contributed by atoms with Crippen LogP contribution in [0.3, 0.4) is 0 Å². The average molecular weight is 402 g/mol. The number of hydrogen-bond acceptors (Lipinski definition) is 5. The number of carbonyl (C=O) groups excluding carboxylic acids is 1. The highest BCUT2D eigenvalue weighted by atomic mass is 16.6. The van der Waals surface area contributed by atoms with Gasteiger partial charge in [0.1, 0.15) is 11.4 Å². The molecular weight excluding hydrogens is 370 g/mol. The van der Waals surface area contributed by atoms with E-state index < -0.39 is 17.0 Å². The quantitative estimate of drug-likeness (QED) is 0.632. The molecule has 1 heterocycles. The molecule has 1 aromatic carbocycles. The lowest BCUT2D eigenvalue weighted by atomic mass is 9.85. The number of furan rings is 1. The van der Waals surface area contributed by atoms with Gasteiger partial charge in [-0.15, -0.1) is 0 Å². The summed E-state index contributed by atoms with van der Waals surface area (Å²) >= 11 is 0. The molecule has 2 rings (SSSR count). The molecule has 0 aliphatic carbocycles. The summed E-state index contributed by atoms with van der Waals surface area (Å²) in [5, 5.41) is 9.18. The van der Waals surface area contributed by atoms with Gasteiger partial charge in [0.15, 0.2) is 0 Å². The number of ether oxygens (including phenoxy) is 1.